The van der Waals surface area contributed by atoms with Crippen molar-refractivity contribution < 1.29 is 4.74 Å². The number of aliphatic imine (C=N–C) groups is 1. The molecule has 1 unspecified atom stereocenters. The molecule has 1 aliphatic heterocycles. The first kappa shape index (κ1) is 11.3. The van der Waals surface area contributed by atoms with E-state index in [9.17, 15) is 0 Å². The van der Waals surface area contributed by atoms with Crippen LogP contribution in [0.1, 0.15) is 13.3 Å². The van der Waals surface area contributed by atoms with Gasteiger partial charge in [-0.2, -0.15) is 0 Å². The molecule has 0 fully saturated rings. The molecular formula is C11H15N3OS. The van der Waals surface area contributed by atoms with Gasteiger partial charge in [0.15, 0.2) is 5.17 Å². The lowest BCUT2D eigenvalue weighted by Gasteiger charge is -2.04. The summed E-state index contributed by atoms with van der Waals surface area (Å²) in [6.07, 6.45) is 2.85. The normalized spacial score (nSPS) is 19.4. The van der Waals surface area contributed by atoms with E-state index in [4.69, 9.17) is 4.74 Å². The summed E-state index contributed by atoms with van der Waals surface area (Å²) in [5, 5.41) is 4.24. The number of pyridine rings is 1. The van der Waals surface area contributed by atoms with E-state index in [1.807, 2.05) is 12.1 Å². The average Bonchev–Trinajstić information content (AvgIpc) is 2.78. The van der Waals surface area contributed by atoms with Crippen LogP contribution in [0.4, 0.5) is 5.69 Å². The molecule has 86 valence electrons. The first-order valence-corrected chi connectivity index (χ1v) is 6.28. The summed E-state index contributed by atoms with van der Waals surface area (Å²) in [7, 11) is 1.61. The van der Waals surface area contributed by atoms with E-state index in [1.54, 1.807) is 25.1 Å². The monoisotopic (exact) mass is 237 g/mol. The molecule has 0 aromatic carbocycles. The summed E-state index contributed by atoms with van der Waals surface area (Å²) in [5.74, 6) is 1.69. The molecule has 0 saturated carbocycles. The summed E-state index contributed by atoms with van der Waals surface area (Å²) < 4.78 is 5.00. The Morgan fingerprint density at radius 1 is 1.56 bits per heavy atom. The third-order valence-electron chi connectivity index (χ3n) is 2.38. The van der Waals surface area contributed by atoms with Gasteiger partial charge in [-0.3, -0.25) is 4.99 Å². The number of hydrogen-bond acceptors (Lipinski definition) is 5. The van der Waals surface area contributed by atoms with Gasteiger partial charge in [-0.1, -0.05) is 18.7 Å². The Bertz CT molecular complexity index is 377. The van der Waals surface area contributed by atoms with Crippen LogP contribution in [0.25, 0.3) is 0 Å². The third kappa shape index (κ3) is 2.66. The third-order valence-corrected chi connectivity index (χ3v) is 3.41. The van der Waals surface area contributed by atoms with Gasteiger partial charge in [0, 0.05) is 11.8 Å². The maximum Gasteiger partial charge on any atom is 0.213 e. The fraction of sp³-hybridized carbons (Fsp3) is 0.455. The van der Waals surface area contributed by atoms with E-state index in [-0.39, 0.29) is 0 Å². The lowest BCUT2D eigenvalue weighted by atomic mass is 10.3. The summed E-state index contributed by atoms with van der Waals surface area (Å²) in [6.45, 7) is 2.16. The number of rotatable bonds is 3. The van der Waals surface area contributed by atoms with Gasteiger partial charge in [0.1, 0.15) is 0 Å². The van der Waals surface area contributed by atoms with Gasteiger partial charge in [0.2, 0.25) is 5.88 Å². The molecule has 4 nitrogen and oxygen atoms in total. The summed E-state index contributed by atoms with van der Waals surface area (Å²) in [4.78, 5) is 8.68. The van der Waals surface area contributed by atoms with Crippen molar-refractivity contribution in [2.45, 2.75) is 19.4 Å². The number of nitrogens with zero attached hydrogens (tertiary/aromatic N) is 2. The van der Waals surface area contributed by atoms with Crippen LogP contribution in [0, 0.1) is 0 Å². The smallest absolute Gasteiger partial charge is 0.213 e. The van der Waals surface area contributed by atoms with Crippen molar-refractivity contribution in [1.82, 2.24) is 4.98 Å². The number of ether oxygens (including phenoxy) is 1. The van der Waals surface area contributed by atoms with E-state index in [2.05, 4.69) is 22.2 Å². The molecule has 0 radical (unpaired) electrons. The van der Waals surface area contributed by atoms with Crippen LogP contribution in [0.5, 0.6) is 5.88 Å². The molecule has 1 aromatic heterocycles. The molecule has 0 aliphatic carbocycles. The van der Waals surface area contributed by atoms with Gasteiger partial charge in [0.25, 0.3) is 0 Å². The topological polar surface area (TPSA) is 46.5 Å². The molecule has 2 rings (SSSR count). The maximum absolute atomic E-state index is 5.00. The Morgan fingerprint density at radius 2 is 2.44 bits per heavy atom. The van der Waals surface area contributed by atoms with Crippen LogP contribution >= 0.6 is 11.8 Å². The zero-order chi connectivity index (χ0) is 11.4. The number of nitrogens with one attached hydrogen (secondary N) is 1. The van der Waals surface area contributed by atoms with Crippen LogP contribution in [0.2, 0.25) is 0 Å². The number of anilines is 1. The number of thioether (sulfide) groups is 1. The second-order valence-corrected chi connectivity index (χ2v) is 4.53. The van der Waals surface area contributed by atoms with Crippen LogP contribution in [0.3, 0.4) is 0 Å². The van der Waals surface area contributed by atoms with Crippen molar-refractivity contribution in [1.29, 1.82) is 0 Å². The summed E-state index contributed by atoms with van der Waals surface area (Å²) in [5.41, 5.74) is 0.948. The van der Waals surface area contributed by atoms with Gasteiger partial charge >= 0.3 is 0 Å². The maximum atomic E-state index is 5.00. The second kappa shape index (κ2) is 5.21. The summed E-state index contributed by atoms with van der Waals surface area (Å²) >= 11 is 1.76. The Morgan fingerprint density at radius 3 is 3.00 bits per heavy atom. The van der Waals surface area contributed by atoms with Crippen LogP contribution in [-0.2, 0) is 0 Å². The van der Waals surface area contributed by atoms with E-state index in [1.165, 1.54) is 0 Å². The molecular weight excluding hydrogens is 222 g/mol. The predicted octanol–water partition coefficient (Wildman–Crippen LogP) is 2.38. The first-order chi connectivity index (χ1) is 7.81. The Kier molecular flexibility index (Phi) is 3.66. The molecule has 0 bridgehead atoms. The summed E-state index contributed by atoms with van der Waals surface area (Å²) in [6, 6.07) is 4.23. The minimum atomic E-state index is 0.457. The highest BCUT2D eigenvalue weighted by molar-refractivity contribution is 8.14. The Hall–Kier alpha value is -1.23. The zero-order valence-electron chi connectivity index (χ0n) is 9.43. The molecule has 0 spiro atoms. The highest BCUT2D eigenvalue weighted by Gasteiger charge is 2.16. The molecule has 1 N–H and O–H groups in total. The van der Waals surface area contributed by atoms with Crippen LogP contribution in [-0.4, -0.2) is 29.1 Å². The Labute approximate surface area is 99.5 Å². The van der Waals surface area contributed by atoms with Crippen molar-refractivity contribution >= 4 is 22.6 Å². The molecule has 5 heteroatoms. The van der Waals surface area contributed by atoms with E-state index in [0.717, 1.165) is 23.0 Å². The van der Waals surface area contributed by atoms with Crippen LogP contribution in [0.15, 0.2) is 23.3 Å². The fourth-order valence-corrected chi connectivity index (χ4v) is 2.47. The lowest BCUT2D eigenvalue weighted by molar-refractivity contribution is 0.398. The quantitative estimate of drug-likeness (QED) is 0.876. The standard InChI is InChI=1S/C11H15N3OS/c1-3-8-7-16-11(13-8)14-9-4-5-10(15-2)12-6-9/h4-6,8H,3,7H2,1-2H3,(H,13,14). The van der Waals surface area contributed by atoms with E-state index >= 15 is 0 Å². The average molecular weight is 237 g/mol. The lowest BCUT2D eigenvalue weighted by Crippen LogP contribution is -2.05. The number of hydrogen-bond donors (Lipinski definition) is 1. The largest absolute Gasteiger partial charge is 0.481 e. The molecule has 1 aromatic rings. The van der Waals surface area contributed by atoms with Gasteiger partial charge in [-0.25, -0.2) is 4.98 Å². The van der Waals surface area contributed by atoms with Crippen molar-refractivity contribution in [3.05, 3.63) is 18.3 Å². The van der Waals surface area contributed by atoms with Crippen molar-refractivity contribution in [3.8, 4) is 5.88 Å². The predicted molar refractivity (Wildman–Crippen MR) is 68.4 cm³/mol. The van der Waals surface area contributed by atoms with Gasteiger partial charge in [-0.05, 0) is 12.5 Å². The van der Waals surface area contributed by atoms with Crippen molar-refractivity contribution in [2.24, 2.45) is 4.99 Å². The molecule has 1 atom stereocenters. The number of aromatic nitrogens is 1. The highest BCUT2D eigenvalue weighted by Crippen LogP contribution is 2.22. The van der Waals surface area contributed by atoms with Gasteiger partial charge in [-0.15, -0.1) is 0 Å². The van der Waals surface area contributed by atoms with Crippen molar-refractivity contribution in [2.75, 3.05) is 18.2 Å². The molecule has 0 amide bonds. The van der Waals surface area contributed by atoms with E-state index in [0.29, 0.717) is 11.9 Å². The first-order valence-electron chi connectivity index (χ1n) is 5.29. The minimum Gasteiger partial charge on any atom is -0.481 e. The minimum absolute atomic E-state index is 0.457. The molecule has 16 heavy (non-hydrogen) atoms. The molecule has 0 saturated heterocycles. The van der Waals surface area contributed by atoms with Crippen molar-refractivity contribution in [3.63, 3.8) is 0 Å². The number of methoxy groups -OCH3 is 1. The number of amidine groups is 1. The SMILES string of the molecule is CCC1CSC(Nc2ccc(OC)nc2)=N1. The second-order valence-electron chi connectivity index (χ2n) is 3.52. The molecule has 1 aliphatic rings. The van der Waals surface area contributed by atoms with Gasteiger partial charge < -0.3 is 10.1 Å². The highest BCUT2D eigenvalue weighted by atomic mass is 32.2. The molecule has 2 heterocycles. The fourth-order valence-electron chi connectivity index (χ4n) is 1.39. The zero-order valence-corrected chi connectivity index (χ0v) is 10.3. The van der Waals surface area contributed by atoms with Crippen LogP contribution < -0.4 is 10.1 Å². The Balaban J connectivity index is 1.99. The van der Waals surface area contributed by atoms with Gasteiger partial charge in [0.05, 0.1) is 25.0 Å². The van der Waals surface area contributed by atoms with E-state index < -0.39 is 0 Å².